The lowest BCUT2D eigenvalue weighted by molar-refractivity contribution is 0.00578. The van der Waals surface area contributed by atoms with E-state index < -0.39 is 13.2 Å². The van der Waals surface area contributed by atoms with Crippen molar-refractivity contribution in [3.8, 4) is 0 Å². The first kappa shape index (κ1) is 16.8. The number of rotatable bonds is 4. The average molecular weight is 305 g/mol. The van der Waals surface area contributed by atoms with Crippen LogP contribution in [0.3, 0.4) is 0 Å². The third-order valence-electron chi connectivity index (χ3n) is 4.10. The van der Waals surface area contributed by atoms with Crippen LogP contribution in [0.2, 0.25) is 0 Å². The molecule has 0 bridgehead atoms. The zero-order valence-electron chi connectivity index (χ0n) is 13.9. The van der Waals surface area contributed by atoms with Gasteiger partial charge in [0.25, 0.3) is 0 Å². The minimum atomic E-state index is -0.451. The van der Waals surface area contributed by atoms with Gasteiger partial charge in [0.15, 0.2) is 0 Å². The topological polar surface area (TPSA) is 56.8 Å². The van der Waals surface area contributed by atoms with E-state index in [9.17, 15) is 4.79 Å². The predicted octanol–water partition coefficient (Wildman–Crippen LogP) is 2.94. The second kappa shape index (κ2) is 6.30. The first-order chi connectivity index (χ1) is 10.2. The van der Waals surface area contributed by atoms with Crippen LogP contribution in [-0.4, -0.2) is 31.0 Å². The van der Waals surface area contributed by atoms with Gasteiger partial charge in [0.1, 0.15) is 0 Å². The Labute approximate surface area is 132 Å². The normalized spacial score (nSPS) is 19.0. The molecular formula is C16H24BNO4. The van der Waals surface area contributed by atoms with Crippen molar-refractivity contribution in [1.29, 1.82) is 0 Å². The zero-order chi connectivity index (χ0) is 16.4. The summed E-state index contributed by atoms with van der Waals surface area (Å²) in [5.41, 5.74) is 0.753. The van der Waals surface area contributed by atoms with Gasteiger partial charge in [-0.15, -0.1) is 0 Å². The summed E-state index contributed by atoms with van der Waals surface area (Å²) in [4.78, 5) is 11.6. The second-order valence-electron chi connectivity index (χ2n) is 6.47. The molecule has 1 fully saturated rings. The summed E-state index contributed by atoms with van der Waals surface area (Å²) in [6.07, 6.45) is 0.342. The molecule has 5 nitrogen and oxygen atoms in total. The Balaban J connectivity index is 2.08. The molecule has 1 saturated heterocycles. The van der Waals surface area contributed by atoms with Crippen LogP contribution in [0.1, 0.15) is 41.0 Å². The number of hydrogen-bond donors (Lipinski definition) is 1. The summed E-state index contributed by atoms with van der Waals surface area (Å²) in [6, 6.07) is 7.43. The van der Waals surface area contributed by atoms with Crippen LogP contribution < -0.4 is 10.8 Å². The first-order valence-electron chi connectivity index (χ1n) is 7.64. The van der Waals surface area contributed by atoms with Crippen molar-refractivity contribution in [2.24, 2.45) is 0 Å². The van der Waals surface area contributed by atoms with Gasteiger partial charge in [-0.05, 0) is 51.7 Å². The van der Waals surface area contributed by atoms with E-state index in [4.69, 9.17) is 14.0 Å². The van der Waals surface area contributed by atoms with Gasteiger partial charge in [0, 0.05) is 5.69 Å². The lowest BCUT2D eigenvalue weighted by atomic mass is 9.79. The Kier molecular flexibility index (Phi) is 4.82. The van der Waals surface area contributed by atoms with Gasteiger partial charge in [-0.2, -0.15) is 0 Å². The second-order valence-corrected chi connectivity index (χ2v) is 6.47. The summed E-state index contributed by atoms with van der Waals surface area (Å²) >= 11 is 0. The van der Waals surface area contributed by atoms with Gasteiger partial charge in [-0.25, -0.2) is 4.79 Å². The molecule has 0 aromatic heterocycles. The van der Waals surface area contributed by atoms with Crippen molar-refractivity contribution in [3.05, 3.63) is 24.3 Å². The number of carbonyl (C=O) groups excluding carboxylic acids is 1. The number of ether oxygens (including phenoxy) is 1. The molecule has 6 heteroatoms. The van der Waals surface area contributed by atoms with E-state index in [2.05, 4.69) is 5.32 Å². The number of nitrogens with one attached hydrogen (secondary N) is 1. The van der Waals surface area contributed by atoms with E-state index in [-0.39, 0.29) is 11.2 Å². The fraction of sp³-hybridized carbons (Fsp3) is 0.562. The number of carbonyl (C=O) groups is 1. The van der Waals surface area contributed by atoms with Gasteiger partial charge in [0.2, 0.25) is 0 Å². The van der Waals surface area contributed by atoms with Crippen molar-refractivity contribution < 1.29 is 18.8 Å². The Bertz CT molecular complexity index is 529. The van der Waals surface area contributed by atoms with E-state index in [1.165, 1.54) is 0 Å². The van der Waals surface area contributed by atoms with Crippen LogP contribution in [0.5, 0.6) is 0 Å². The molecule has 1 aliphatic rings. The number of anilines is 1. The molecule has 22 heavy (non-hydrogen) atoms. The summed E-state index contributed by atoms with van der Waals surface area (Å²) in [6.45, 7) is 10.4. The molecule has 120 valence electrons. The molecule has 0 atom stereocenters. The van der Waals surface area contributed by atoms with E-state index in [1.807, 2.05) is 58.9 Å². The number of hydrogen-bond acceptors (Lipinski definition) is 4. The standard InChI is InChI=1S/C16H24BNO4/c1-6-10-20-14(19)18-13-9-7-8-12(11-13)17-21-15(2,3)16(4,5)22-17/h7-9,11H,6,10H2,1-5H3,(H,18,19). The smallest absolute Gasteiger partial charge is 0.449 e. The molecule has 1 heterocycles. The van der Waals surface area contributed by atoms with Gasteiger partial charge >= 0.3 is 13.2 Å². The van der Waals surface area contributed by atoms with Crippen LogP contribution in [0.4, 0.5) is 10.5 Å². The van der Waals surface area contributed by atoms with Crippen molar-refractivity contribution >= 4 is 24.4 Å². The molecule has 0 spiro atoms. The molecule has 0 radical (unpaired) electrons. The maximum Gasteiger partial charge on any atom is 0.494 e. The molecule has 2 rings (SSSR count). The van der Waals surface area contributed by atoms with Crippen LogP contribution >= 0.6 is 0 Å². The highest BCUT2D eigenvalue weighted by molar-refractivity contribution is 6.62. The molecule has 0 unspecified atom stereocenters. The highest BCUT2D eigenvalue weighted by Gasteiger charge is 2.51. The predicted molar refractivity (Wildman–Crippen MR) is 87.4 cm³/mol. The maximum absolute atomic E-state index is 11.6. The lowest BCUT2D eigenvalue weighted by Crippen LogP contribution is -2.41. The molecular weight excluding hydrogens is 281 g/mol. The SMILES string of the molecule is CCCOC(=O)Nc1cccc(B2OC(C)(C)C(C)(C)O2)c1. The average Bonchev–Trinajstić information content (AvgIpc) is 2.65. The third kappa shape index (κ3) is 3.62. The summed E-state index contributed by atoms with van der Waals surface area (Å²) in [5.74, 6) is 0. The Morgan fingerprint density at radius 2 is 1.86 bits per heavy atom. The molecule has 0 aliphatic carbocycles. The minimum Gasteiger partial charge on any atom is -0.449 e. The molecule has 1 amide bonds. The zero-order valence-corrected chi connectivity index (χ0v) is 13.9. The fourth-order valence-electron chi connectivity index (χ4n) is 2.09. The largest absolute Gasteiger partial charge is 0.494 e. The molecule has 1 N–H and O–H groups in total. The third-order valence-corrected chi connectivity index (χ3v) is 4.10. The molecule has 1 aromatic rings. The van der Waals surface area contributed by atoms with Gasteiger partial charge in [0.05, 0.1) is 17.8 Å². The van der Waals surface area contributed by atoms with Gasteiger partial charge < -0.3 is 14.0 Å². The first-order valence-corrected chi connectivity index (χ1v) is 7.64. The summed E-state index contributed by atoms with van der Waals surface area (Å²) < 4.78 is 17.0. The van der Waals surface area contributed by atoms with Crippen molar-refractivity contribution in [2.75, 3.05) is 11.9 Å². The lowest BCUT2D eigenvalue weighted by Gasteiger charge is -2.32. The van der Waals surface area contributed by atoms with Crippen molar-refractivity contribution in [3.63, 3.8) is 0 Å². The number of amides is 1. The monoisotopic (exact) mass is 305 g/mol. The van der Waals surface area contributed by atoms with E-state index >= 15 is 0 Å². The van der Waals surface area contributed by atoms with Crippen LogP contribution in [0.15, 0.2) is 24.3 Å². The highest BCUT2D eigenvalue weighted by atomic mass is 16.7. The Morgan fingerprint density at radius 3 is 2.45 bits per heavy atom. The highest BCUT2D eigenvalue weighted by Crippen LogP contribution is 2.36. The van der Waals surface area contributed by atoms with Gasteiger partial charge in [-0.3, -0.25) is 5.32 Å². The molecule has 1 aromatic carbocycles. The number of benzene rings is 1. The van der Waals surface area contributed by atoms with Crippen molar-refractivity contribution in [1.82, 2.24) is 0 Å². The minimum absolute atomic E-state index is 0.388. The summed E-state index contributed by atoms with van der Waals surface area (Å²) in [7, 11) is -0.446. The van der Waals surface area contributed by atoms with Crippen LogP contribution in [0, 0.1) is 0 Å². The maximum atomic E-state index is 11.6. The van der Waals surface area contributed by atoms with E-state index in [0.29, 0.717) is 12.3 Å². The van der Waals surface area contributed by atoms with Crippen LogP contribution in [0.25, 0.3) is 0 Å². The summed E-state index contributed by atoms with van der Waals surface area (Å²) in [5, 5.41) is 2.71. The molecule has 0 saturated carbocycles. The van der Waals surface area contributed by atoms with E-state index in [0.717, 1.165) is 11.9 Å². The Morgan fingerprint density at radius 1 is 1.23 bits per heavy atom. The molecule has 1 aliphatic heterocycles. The quantitative estimate of drug-likeness (QED) is 0.869. The fourth-order valence-corrected chi connectivity index (χ4v) is 2.09. The van der Waals surface area contributed by atoms with Crippen LogP contribution in [-0.2, 0) is 14.0 Å². The van der Waals surface area contributed by atoms with E-state index in [1.54, 1.807) is 0 Å². The van der Waals surface area contributed by atoms with Gasteiger partial charge in [-0.1, -0.05) is 19.1 Å². The Hall–Kier alpha value is -1.53. The van der Waals surface area contributed by atoms with Crippen molar-refractivity contribution in [2.45, 2.75) is 52.2 Å².